The third-order valence-corrected chi connectivity index (χ3v) is 12.4. The number of ether oxygens (including phenoxy) is 9. The molecular weight excluding hydrogens is 760 g/mol. The van der Waals surface area contributed by atoms with Crippen LogP contribution in [0.4, 0.5) is 0 Å². The van der Waals surface area contributed by atoms with Crippen molar-refractivity contribution in [2.45, 2.75) is 179 Å². The van der Waals surface area contributed by atoms with Crippen LogP contribution in [0.3, 0.4) is 0 Å². The molecule has 0 aromatic carbocycles. The molecule has 0 radical (unpaired) electrons. The van der Waals surface area contributed by atoms with Gasteiger partial charge in [-0.3, -0.25) is 4.79 Å². The Bertz CT molecular complexity index is 1290. The molecule has 0 aromatic rings. The Hall–Kier alpha value is -1.58. The van der Waals surface area contributed by atoms with Gasteiger partial charge in [-0.15, -0.1) is 0 Å². The van der Waals surface area contributed by atoms with Gasteiger partial charge in [-0.2, -0.15) is 0 Å². The fourth-order valence-electron chi connectivity index (χ4n) is 8.77. The molecule has 3 aliphatic rings. The van der Waals surface area contributed by atoms with Gasteiger partial charge >= 0.3 is 5.97 Å². The summed E-state index contributed by atoms with van der Waals surface area (Å²) in [4.78, 5) is 21.9. The molecule has 3 rings (SSSR count). The third kappa shape index (κ3) is 12.5. The van der Waals surface area contributed by atoms with Crippen molar-refractivity contribution in [2.24, 2.45) is 22.9 Å². The van der Waals surface area contributed by atoms with Gasteiger partial charge in [0.1, 0.15) is 23.9 Å². The maximum Gasteiger partial charge on any atom is 0.311 e. The van der Waals surface area contributed by atoms with Gasteiger partial charge in [-0.25, -0.2) is 0 Å². The Labute approximate surface area is 345 Å². The molecule has 0 amide bonds. The highest BCUT2D eigenvalue weighted by molar-refractivity contribution is 5.88. The average molecular weight is 837 g/mol. The van der Waals surface area contributed by atoms with Gasteiger partial charge in [0.25, 0.3) is 0 Å². The summed E-state index contributed by atoms with van der Waals surface area (Å²) >= 11 is 0. The van der Waals surface area contributed by atoms with Crippen LogP contribution in [-0.4, -0.2) is 177 Å². The minimum Gasteiger partial charge on any atom is -0.459 e. The van der Waals surface area contributed by atoms with Crippen molar-refractivity contribution in [1.82, 2.24) is 4.90 Å². The van der Waals surface area contributed by atoms with E-state index in [2.05, 4.69) is 5.16 Å². The van der Waals surface area contributed by atoms with Crippen molar-refractivity contribution in [3.05, 3.63) is 0 Å². The van der Waals surface area contributed by atoms with E-state index < -0.39 is 95.8 Å². The van der Waals surface area contributed by atoms with E-state index in [0.29, 0.717) is 18.7 Å². The molecular formula is C41H76N2O15. The Morgan fingerprint density at radius 2 is 1.59 bits per heavy atom. The van der Waals surface area contributed by atoms with E-state index in [1.807, 2.05) is 39.8 Å². The predicted octanol–water partition coefficient (Wildman–Crippen LogP) is 2.62. The molecule has 58 heavy (non-hydrogen) atoms. The first-order valence-electron chi connectivity index (χ1n) is 20.7. The Balaban J connectivity index is 2.19. The van der Waals surface area contributed by atoms with Crippen molar-refractivity contribution in [3.63, 3.8) is 0 Å². The van der Waals surface area contributed by atoms with Gasteiger partial charge in [-0.1, -0.05) is 25.9 Å². The zero-order valence-electron chi connectivity index (χ0n) is 37.4. The third-order valence-electron chi connectivity index (χ3n) is 12.4. The smallest absolute Gasteiger partial charge is 0.311 e. The number of likely N-dealkylation sites (N-methyl/N-ethyl adjacent to an activating group) is 1. The van der Waals surface area contributed by atoms with Crippen LogP contribution in [0.15, 0.2) is 5.16 Å². The van der Waals surface area contributed by atoms with Crippen molar-refractivity contribution >= 4 is 11.7 Å². The molecule has 3 heterocycles. The molecule has 340 valence electrons. The maximum absolute atomic E-state index is 14.3. The van der Waals surface area contributed by atoms with Gasteiger partial charge in [0, 0.05) is 52.0 Å². The number of methoxy groups -OCH3 is 3. The van der Waals surface area contributed by atoms with E-state index in [-0.39, 0.29) is 51.2 Å². The zero-order chi connectivity index (χ0) is 43.7. The number of carbonyl (C=O) groups excluding carboxylic acids is 1. The summed E-state index contributed by atoms with van der Waals surface area (Å²) in [5.41, 5.74) is -4.02. The average Bonchev–Trinajstić information content (AvgIpc) is 3.15. The largest absolute Gasteiger partial charge is 0.459 e. The van der Waals surface area contributed by atoms with Crippen LogP contribution in [0.2, 0.25) is 0 Å². The van der Waals surface area contributed by atoms with Crippen molar-refractivity contribution in [3.8, 4) is 0 Å². The van der Waals surface area contributed by atoms with Crippen molar-refractivity contribution < 1.29 is 72.7 Å². The number of hydrogen-bond donors (Lipinski definition) is 4. The van der Waals surface area contributed by atoms with Crippen LogP contribution < -0.4 is 0 Å². The van der Waals surface area contributed by atoms with Crippen LogP contribution in [0.25, 0.3) is 0 Å². The second-order valence-electron chi connectivity index (χ2n) is 17.5. The summed E-state index contributed by atoms with van der Waals surface area (Å²) in [7, 11) is 8.27. The Kier molecular flexibility index (Phi) is 19.2. The van der Waals surface area contributed by atoms with Gasteiger partial charge < -0.3 is 72.8 Å². The second kappa shape index (κ2) is 22.0. The van der Waals surface area contributed by atoms with E-state index >= 15 is 0 Å². The van der Waals surface area contributed by atoms with Gasteiger partial charge in [0.2, 0.25) is 6.79 Å². The molecule has 0 aliphatic carbocycles. The molecule has 3 fully saturated rings. The van der Waals surface area contributed by atoms with Gasteiger partial charge in [0.05, 0.1) is 66.6 Å². The van der Waals surface area contributed by atoms with Crippen LogP contribution in [0.1, 0.15) is 94.4 Å². The topological polar surface area (TPSA) is 206 Å². The summed E-state index contributed by atoms with van der Waals surface area (Å²) in [6.45, 7) is 16.2. The number of cyclic esters (lactones) is 1. The molecule has 17 heteroatoms. The van der Waals surface area contributed by atoms with E-state index in [4.69, 9.17) is 47.5 Å². The van der Waals surface area contributed by atoms with E-state index in [9.17, 15) is 25.2 Å². The van der Waals surface area contributed by atoms with Crippen LogP contribution in [-0.2, 0) is 52.3 Å². The quantitative estimate of drug-likeness (QED) is 0.0859. The lowest BCUT2D eigenvalue weighted by Gasteiger charge is -2.47. The molecule has 0 aromatic heterocycles. The van der Waals surface area contributed by atoms with E-state index in [0.717, 1.165) is 0 Å². The molecule has 0 spiro atoms. The second-order valence-corrected chi connectivity index (χ2v) is 17.5. The zero-order valence-corrected chi connectivity index (χ0v) is 37.4. The Morgan fingerprint density at radius 1 is 0.914 bits per heavy atom. The predicted molar refractivity (Wildman–Crippen MR) is 213 cm³/mol. The van der Waals surface area contributed by atoms with E-state index in [1.54, 1.807) is 48.7 Å². The fraction of sp³-hybridized carbons (Fsp3) is 0.951. The first-order valence-corrected chi connectivity index (χ1v) is 20.7. The minimum absolute atomic E-state index is 0.0381. The highest BCUT2D eigenvalue weighted by atomic mass is 16.7. The van der Waals surface area contributed by atoms with Crippen molar-refractivity contribution in [1.29, 1.82) is 0 Å². The number of aliphatic hydroxyl groups excluding tert-OH is 2. The molecule has 0 unspecified atom stereocenters. The lowest BCUT2D eigenvalue weighted by molar-refractivity contribution is -0.307. The number of esters is 1. The number of rotatable bonds is 14. The van der Waals surface area contributed by atoms with Crippen molar-refractivity contribution in [2.75, 3.05) is 55.4 Å². The molecule has 0 saturated carbocycles. The SMILES string of the molecule is CC[C@H]1OC(=O)[C@H](C)[C@@H](O[C@H]2C[C@@](C)(OC)[C@@H](O)[C@H](C)O2)C[C@@H](O[C@@H]2O[C@H](C)C[C@H](N(C)C)[C@H]2O)[C@](C)(O)C[C@@H](C)C(=NOCOCCOC)[C@H](C)[C@@H](OC)[C@]1(C)O. The summed E-state index contributed by atoms with van der Waals surface area (Å²) in [5.74, 6) is -2.83. The number of nitrogens with zero attached hydrogens (tertiary/aromatic N) is 2. The normalized spacial score (nSPS) is 44.5. The lowest BCUT2D eigenvalue weighted by atomic mass is 9.75. The van der Waals surface area contributed by atoms with E-state index in [1.165, 1.54) is 14.2 Å². The highest BCUT2D eigenvalue weighted by Gasteiger charge is 2.52. The number of oxime groups is 1. The van der Waals surface area contributed by atoms with Gasteiger partial charge in [-0.05, 0) is 74.9 Å². The summed E-state index contributed by atoms with van der Waals surface area (Å²) in [6.07, 6.45) is -8.40. The first kappa shape index (κ1) is 50.8. The first-order chi connectivity index (χ1) is 27.1. The molecule has 0 bridgehead atoms. The lowest BCUT2D eigenvalue weighted by Crippen LogP contribution is -2.59. The number of carbonyl (C=O) groups is 1. The van der Waals surface area contributed by atoms with Crippen LogP contribution in [0, 0.1) is 17.8 Å². The monoisotopic (exact) mass is 837 g/mol. The molecule has 17 nitrogen and oxygen atoms in total. The molecule has 3 saturated heterocycles. The van der Waals surface area contributed by atoms with Crippen LogP contribution in [0.5, 0.6) is 0 Å². The van der Waals surface area contributed by atoms with Gasteiger partial charge in [0.15, 0.2) is 12.6 Å². The fourth-order valence-corrected chi connectivity index (χ4v) is 8.77. The highest BCUT2D eigenvalue weighted by Crippen LogP contribution is 2.39. The minimum atomic E-state index is -1.73. The van der Waals surface area contributed by atoms with Crippen LogP contribution >= 0.6 is 0 Å². The standard InChI is InChI=1S/C41H76N2O15/c1-15-30-41(9,48)36(50-13)26(5)33(42-53-22-52-17-16-49-12)23(2)20-39(7,47)31(58-38-34(44)28(43(10)11)18-24(3)54-38)19-29(25(4)37(46)57-30)56-32-21-40(8,51-14)35(45)27(6)55-32/h23-32,34-36,38,44-45,47-48H,15-22H2,1-14H3/t23-,24-,25-,26+,27+,28+,29+,30-,31-,32+,34-,35+,36-,38+,39-,40-,41-/m1/s1. The number of hydrogen-bond acceptors (Lipinski definition) is 17. The molecule has 3 aliphatic heterocycles. The maximum atomic E-state index is 14.3. The summed E-state index contributed by atoms with van der Waals surface area (Å²) in [6, 6.07) is -0.306. The number of aliphatic hydroxyl groups is 4. The molecule has 17 atom stereocenters. The summed E-state index contributed by atoms with van der Waals surface area (Å²) < 4.78 is 54.1. The molecule has 4 N–H and O–H groups in total. The Morgan fingerprint density at radius 3 is 2.17 bits per heavy atom. The summed E-state index contributed by atoms with van der Waals surface area (Å²) in [5, 5.41) is 51.9.